The number of nitrogens with zero attached hydrogens (tertiary/aromatic N) is 2. The molecule has 1 fully saturated rings. The zero-order valence-corrected chi connectivity index (χ0v) is 19.2. The maximum Gasteiger partial charge on any atom is 0.414 e. The average molecular weight is 436 g/mol. The predicted octanol–water partition coefficient (Wildman–Crippen LogP) is 3.35. The van der Waals surface area contributed by atoms with Gasteiger partial charge in [-0.2, -0.15) is 0 Å². The lowest BCUT2D eigenvalue weighted by atomic mass is 9.78. The molecular weight excluding hydrogens is 402 g/mol. The fraction of sp³-hybridized carbons (Fsp3) is 0.591. The molecular formula is C22H33N3O6. The third-order valence-corrected chi connectivity index (χ3v) is 4.94. The summed E-state index contributed by atoms with van der Waals surface area (Å²) in [4.78, 5) is 40.2. The van der Waals surface area contributed by atoms with Gasteiger partial charge in [-0.3, -0.25) is 4.79 Å². The maximum atomic E-state index is 13.2. The third-order valence-electron chi connectivity index (χ3n) is 4.94. The molecule has 1 N–H and O–H groups in total. The number of rotatable bonds is 5. The number of hydrogen-bond acceptors (Lipinski definition) is 6. The van der Waals surface area contributed by atoms with Crippen LogP contribution in [0.15, 0.2) is 24.3 Å². The van der Waals surface area contributed by atoms with E-state index in [1.165, 1.54) is 4.90 Å². The molecule has 9 nitrogen and oxygen atoms in total. The van der Waals surface area contributed by atoms with Gasteiger partial charge in [-0.1, -0.05) is 6.07 Å². The molecule has 0 radical (unpaired) electrons. The Morgan fingerprint density at radius 1 is 1.16 bits per heavy atom. The minimum absolute atomic E-state index is 0.200. The lowest BCUT2D eigenvalue weighted by Crippen LogP contribution is -2.51. The zero-order valence-electron chi connectivity index (χ0n) is 19.2. The molecule has 1 aromatic rings. The first-order chi connectivity index (χ1) is 14.5. The lowest BCUT2D eigenvalue weighted by molar-refractivity contribution is -0.132. The Hall–Kier alpha value is -2.81. The molecule has 0 unspecified atom stereocenters. The largest absolute Gasteiger partial charge is 0.444 e. The minimum atomic E-state index is -0.774. The highest BCUT2D eigenvalue weighted by Crippen LogP contribution is 2.34. The summed E-state index contributed by atoms with van der Waals surface area (Å²) in [6, 6.07) is 6.65. The highest BCUT2D eigenvalue weighted by molar-refractivity contribution is 5.96. The highest BCUT2D eigenvalue weighted by atomic mass is 16.6. The minimum Gasteiger partial charge on any atom is -0.444 e. The van der Waals surface area contributed by atoms with E-state index in [1.54, 1.807) is 50.4 Å². The van der Waals surface area contributed by atoms with Crippen LogP contribution in [0, 0.1) is 5.41 Å². The molecule has 0 bridgehead atoms. The smallest absolute Gasteiger partial charge is 0.414 e. The molecule has 2 rings (SSSR count). The maximum absolute atomic E-state index is 13.2. The van der Waals surface area contributed by atoms with Crippen LogP contribution < -0.4 is 10.1 Å². The van der Waals surface area contributed by atoms with E-state index in [0.29, 0.717) is 37.4 Å². The van der Waals surface area contributed by atoms with Gasteiger partial charge in [-0.05, 0) is 45.7 Å². The summed E-state index contributed by atoms with van der Waals surface area (Å²) in [6.45, 7) is 6.49. The summed E-state index contributed by atoms with van der Waals surface area (Å²) in [7, 11) is 4.73. The van der Waals surface area contributed by atoms with Crippen molar-refractivity contribution < 1.29 is 28.6 Å². The van der Waals surface area contributed by atoms with E-state index >= 15 is 0 Å². The number of carbonyl (C=O) groups is 3. The summed E-state index contributed by atoms with van der Waals surface area (Å²) in [6.07, 6.45) is 0.00537. The van der Waals surface area contributed by atoms with Crippen LogP contribution in [0.2, 0.25) is 0 Å². The average Bonchev–Trinajstić information content (AvgIpc) is 2.67. The quantitative estimate of drug-likeness (QED) is 0.762. The van der Waals surface area contributed by atoms with Gasteiger partial charge in [0.1, 0.15) is 11.4 Å². The number of piperidine rings is 1. The van der Waals surface area contributed by atoms with Crippen LogP contribution >= 0.6 is 0 Å². The molecule has 3 amide bonds. The fourth-order valence-electron chi connectivity index (χ4n) is 3.25. The Morgan fingerprint density at radius 3 is 2.35 bits per heavy atom. The van der Waals surface area contributed by atoms with Crippen molar-refractivity contribution in [3.05, 3.63) is 24.3 Å². The molecule has 0 saturated carbocycles. The summed E-state index contributed by atoms with van der Waals surface area (Å²) in [5, 5.41) is 2.90. The molecule has 1 saturated heterocycles. The van der Waals surface area contributed by atoms with Gasteiger partial charge in [0, 0.05) is 46.0 Å². The Morgan fingerprint density at radius 2 is 1.81 bits per heavy atom. The molecule has 31 heavy (non-hydrogen) atoms. The van der Waals surface area contributed by atoms with Crippen LogP contribution in [-0.2, 0) is 14.3 Å². The Kier molecular flexibility index (Phi) is 7.89. The van der Waals surface area contributed by atoms with Crippen LogP contribution in [0.25, 0.3) is 0 Å². The van der Waals surface area contributed by atoms with E-state index in [1.807, 2.05) is 20.8 Å². The SMILES string of the molecule is COCC1(C(=O)Nc2cccc(OC(=O)N(C)C)c2)CCN(C(=O)OC(C)(C)C)CC1. The third kappa shape index (κ3) is 6.85. The van der Waals surface area contributed by atoms with Crippen molar-refractivity contribution in [3.63, 3.8) is 0 Å². The predicted molar refractivity (Wildman–Crippen MR) is 116 cm³/mol. The van der Waals surface area contributed by atoms with Crippen molar-refractivity contribution in [2.45, 2.75) is 39.2 Å². The van der Waals surface area contributed by atoms with Gasteiger partial charge in [0.2, 0.25) is 5.91 Å². The molecule has 172 valence electrons. The van der Waals surface area contributed by atoms with Gasteiger partial charge < -0.3 is 29.3 Å². The molecule has 0 aromatic heterocycles. The molecule has 0 atom stereocenters. The molecule has 0 aliphatic carbocycles. The van der Waals surface area contributed by atoms with Gasteiger partial charge in [0.25, 0.3) is 0 Å². The second-order valence-corrected chi connectivity index (χ2v) is 8.93. The van der Waals surface area contributed by atoms with Crippen LogP contribution in [0.1, 0.15) is 33.6 Å². The molecule has 1 aromatic carbocycles. The Labute approximate surface area is 183 Å². The van der Waals surface area contributed by atoms with Crippen molar-refractivity contribution in [2.75, 3.05) is 46.2 Å². The van der Waals surface area contributed by atoms with Crippen LogP contribution in [0.4, 0.5) is 15.3 Å². The number of carbonyl (C=O) groups excluding carboxylic acids is 3. The lowest BCUT2D eigenvalue weighted by Gasteiger charge is -2.40. The number of nitrogens with one attached hydrogen (secondary N) is 1. The first-order valence-electron chi connectivity index (χ1n) is 10.2. The molecule has 9 heteroatoms. The standard InChI is InChI=1S/C22H33N3O6/c1-21(2,3)31-20(28)25-12-10-22(11-13-25,15-29-6)18(26)23-16-8-7-9-17(14-16)30-19(27)24(4)5/h7-9,14H,10-13,15H2,1-6H3,(H,23,26). The topological polar surface area (TPSA) is 97.4 Å². The first kappa shape index (κ1) is 24.5. The van der Waals surface area contributed by atoms with Gasteiger partial charge in [0.15, 0.2) is 0 Å². The van der Waals surface area contributed by atoms with E-state index in [-0.39, 0.29) is 18.6 Å². The molecule has 0 spiro atoms. The first-order valence-corrected chi connectivity index (χ1v) is 10.2. The van der Waals surface area contributed by atoms with Gasteiger partial charge in [0.05, 0.1) is 12.0 Å². The molecule has 1 heterocycles. The van der Waals surface area contributed by atoms with E-state index in [9.17, 15) is 14.4 Å². The number of amides is 3. The molecule has 1 aliphatic rings. The van der Waals surface area contributed by atoms with Crippen molar-refractivity contribution >= 4 is 23.8 Å². The number of likely N-dealkylation sites (tertiary alicyclic amines) is 1. The highest BCUT2D eigenvalue weighted by Gasteiger charge is 2.43. The number of methoxy groups -OCH3 is 1. The second kappa shape index (κ2) is 10.00. The van der Waals surface area contributed by atoms with Gasteiger partial charge in [-0.15, -0.1) is 0 Å². The number of ether oxygens (including phenoxy) is 3. The zero-order chi connectivity index (χ0) is 23.2. The summed E-state index contributed by atoms with van der Waals surface area (Å²) < 4.78 is 16.0. The Bertz CT molecular complexity index is 795. The fourth-order valence-corrected chi connectivity index (χ4v) is 3.25. The number of anilines is 1. The second-order valence-electron chi connectivity index (χ2n) is 8.93. The Balaban J connectivity index is 2.06. The van der Waals surface area contributed by atoms with Crippen molar-refractivity contribution in [3.8, 4) is 5.75 Å². The van der Waals surface area contributed by atoms with Gasteiger partial charge >= 0.3 is 12.2 Å². The van der Waals surface area contributed by atoms with Crippen LogP contribution in [-0.4, -0.2) is 74.4 Å². The summed E-state index contributed by atoms with van der Waals surface area (Å²) in [5.41, 5.74) is -0.834. The van der Waals surface area contributed by atoms with E-state index < -0.39 is 17.1 Å². The normalized spacial score (nSPS) is 15.7. The number of hydrogen-bond donors (Lipinski definition) is 1. The van der Waals surface area contributed by atoms with Crippen LogP contribution in [0.3, 0.4) is 0 Å². The van der Waals surface area contributed by atoms with Crippen molar-refractivity contribution in [1.29, 1.82) is 0 Å². The summed E-state index contributed by atoms with van der Waals surface area (Å²) >= 11 is 0. The van der Waals surface area contributed by atoms with E-state index in [4.69, 9.17) is 14.2 Å². The van der Waals surface area contributed by atoms with Crippen LogP contribution in [0.5, 0.6) is 5.75 Å². The van der Waals surface area contributed by atoms with Crippen molar-refractivity contribution in [1.82, 2.24) is 9.80 Å². The van der Waals surface area contributed by atoms with E-state index in [0.717, 1.165) is 0 Å². The number of benzene rings is 1. The molecule has 1 aliphatic heterocycles. The van der Waals surface area contributed by atoms with Gasteiger partial charge in [-0.25, -0.2) is 9.59 Å². The monoisotopic (exact) mass is 435 g/mol. The van der Waals surface area contributed by atoms with E-state index in [2.05, 4.69) is 5.32 Å². The van der Waals surface area contributed by atoms with Crippen molar-refractivity contribution in [2.24, 2.45) is 5.41 Å². The summed E-state index contributed by atoms with van der Waals surface area (Å²) in [5.74, 6) is 0.131.